The summed E-state index contributed by atoms with van der Waals surface area (Å²) in [6.45, 7) is 1.93. The number of nitrogen functional groups attached to an aromatic ring is 1. The zero-order valence-electron chi connectivity index (χ0n) is 14.3. The molecule has 0 saturated carbocycles. The lowest BCUT2D eigenvalue weighted by atomic mass is 10.1. The number of nitrogens with two attached hydrogens (primary N) is 1. The molecule has 136 valence electrons. The zero-order chi connectivity index (χ0) is 19.0. The van der Waals surface area contributed by atoms with Crippen LogP contribution in [-0.2, 0) is 5.75 Å². The Balaban J connectivity index is 1.60. The summed E-state index contributed by atoms with van der Waals surface area (Å²) in [6, 6.07) is 12.8. The lowest BCUT2D eigenvalue weighted by Crippen LogP contribution is -2.13. The Hall–Kier alpha value is -2.84. The van der Waals surface area contributed by atoms with Crippen LogP contribution in [0.3, 0.4) is 0 Å². The highest BCUT2D eigenvalue weighted by molar-refractivity contribution is 7.98. The molecule has 0 radical (unpaired) electrons. The number of H-pyrrole nitrogens is 1. The lowest BCUT2D eigenvalue weighted by Gasteiger charge is -2.06. The van der Waals surface area contributed by atoms with Crippen molar-refractivity contribution in [3.05, 3.63) is 69.2 Å². The van der Waals surface area contributed by atoms with Gasteiger partial charge in [-0.25, -0.2) is 9.66 Å². The molecular weight excluding hydrogens is 384 g/mol. The van der Waals surface area contributed by atoms with Gasteiger partial charge in [0.2, 0.25) is 5.16 Å². The summed E-state index contributed by atoms with van der Waals surface area (Å²) < 4.78 is 1.40. The van der Waals surface area contributed by atoms with Gasteiger partial charge in [-0.3, -0.25) is 4.79 Å². The highest BCUT2D eigenvalue weighted by atomic mass is 35.5. The molecule has 2 aromatic carbocycles. The van der Waals surface area contributed by atoms with Crippen LogP contribution in [0.15, 0.2) is 52.4 Å². The first-order chi connectivity index (χ1) is 13.0. The Morgan fingerprint density at radius 2 is 2.04 bits per heavy atom. The van der Waals surface area contributed by atoms with Gasteiger partial charge in [0, 0.05) is 10.6 Å². The highest BCUT2D eigenvalue weighted by Gasteiger charge is 2.14. The molecule has 0 atom stereocenters. The minimum atomic E-state index is -0.159. The van der Waals surface area contributed by atoms with E-state index in [1.54, 1.807) is 18.2 Å². The molecule has 0 bridgehead atoms. The molecule has 4 rings (SSSR count). The number of hydrogen-bond donors (Lipinski definition) is 2. The molecule has 0 aliphatic rings. The number of para-hydroxylation sites is 1. The van der Waals surface area contributed by atoms with E-state index in [4.69, 9.17) is 17.4 Å². The maximum Gasteiger partial charge on any atom is 0.258 e. The van der Waals surface area contributed by atoms with E-state index in [2.05, 4.69) is 20.2 Å². The van der Waals surface area contributed by atoms with Crippen molar-refractivity contribution in [3.8, 4) is 11.4 Å². The normalized spacial score (nSPS) is 11.2. The van der Waals surface area contributed by atoms with Crippen LogP contribution in [0.2, 0.25) is 5.02 Å². The maximum atomic E-state index is 12.3. The summed E-state index contributed by atoms with van der Waals surface area (Å²) in [5, 5.41) is 9.95. The van der Waals surface area contributed by atoms with E-state index < -0.39 is 0 Å². The number of nitrogens with zero attached hydrogens (tertiary/aromatic N) is 4. The van der Waals surface area contributed by atoms with Crippen LogP contribution in [-0.4, -0.2) is 24.8 Å². The van der Waals surface area contributed by atoms with E-state index in [1.807, 2.05) is 31.2 Å². The van der Waals surface area contributed by atoms with Gasteiger partial charge in [-0.05, 0) is 30.7 Å². The molecule has 0 aliphatic carbocycles. The van der Waals surface area contributed by atoms with Gasteiger partial charge in [-0.1, -0.05) is 47.6 Å². The maximum absolute atomic E-state index is 12.3. The van der Waals surface area contributed by atoms with E-state index in [9.17, 15) is 4.79 Å². The van der Waals surface area contributed by atoms with Crippen molar-refractivity contribution < 1.29 is 0 Å². The van der Waals surface area contributed by atoms with E-state index in [0.29, 0.717) is 38.5 Å². The van der Waals surface area contributed by atoms with Crippen LogP contribution >= 0.6 is 23.4 Å². The average Bonchev–Trinajstić information content (AvgIpc) is 3.01. The fourth-order valence-electron chi connectivity index (χ4n) is 2.75. The van der Waals surface area contributed by atoms with E-state index in [0.717, 1.165) is 11.1 Å². The predicted molar refractivity (Wildman–Crippen MR) is 107 cm³/mol. The van der Waals surface area contributed by atoms with Gasteiger partial charge in [0.05, 0.1) is 16.7 Å². The molecule has 0 amide bonds. The third-order valence-corrected chi connectivity index (χ3v) is 5.26. The molecule has 0 saturated heterocycles. The number of fused-ring (bicyclic) bond motifs is 1. The number of halogens is 1. The van der Waals surface area contributed by atoms with Crippen LogP contribution in [0.25, 0.3) is 22.3 Å². The molecule has 0 aliphatic heterocycles. The third kappa shape index (κ3) is 3.41. The van der Waals surface area contributed by atoms with Crippen LogP contribution in [0.1, 0.15) is 11.4 Å². The predicted octanol–water partition coefficient (Wildman–Crippen LogP) is 3.15. The molecule has 4 aromatic rings. The summed E-state index contributed by atoms with van der Waals surface area (Å²) in [5.41, 5.74) is 2.27. The topological polar surface area (TPSA) is 102 Å². The molecule has 0 spiro atoms. The molecule has 0 unspecified atom stereocenters. The summed E-state index contributed by atoms with van der Waals surface area (Å²) >= 11 is 7.37. The summed E-state index contributed by atoms with van der Waals surface area (Å²) in [4.78, 5) is 19.7. The van der Waals surface area contributed by atoms with Gasteiger partial charge in [0.1, 0.15) is 5.82 Å². The quantitative estimate of drug-likeness (QED) is 0.404. The van der Waals surface area contributed by atoms with Crippen molar-refractivity contribution in [3.63, 3.8) is 0 Å². The monoisotopic (exact) mass is 398 g/mol. The second kappa shape index (κ2) is 7.05. The Bertz CT molecular complexity index is 1200. The molecule has 7 nitrogen and oxygen atoms in total. The Kier molecular flexibility index (Phi) is 4.59. The number of aryl methyl sites for hydroxylation is 1. The number of benzene rings is 2. The number of aromatic nitrogens is 5. The van der Waals surface area contributed by atoms with Gasteiger partial charge in [-0.15, -0.1) is 10.2 Å². The first kappa shape index (κ1) is 17.6. The van der Waals surface area contributed by atoms with Crippen LogP contribution in [0.5, 0.6) is 0 Å². The van der Waals surface area contributed by atoms with Crippen molar-refractivity contribution in [1.29, 1.82) is 0 Å². The molecule has 2 heterocycles. The van der Waals surface area contributed by atoms with Crippen molar-refractivity contribution in [2.45, 2.75) is 17.8 Å². The van der Waals surface area contributed by atoms with E-state index in [1.165, 1.54) is 16.4 Å². The summed E-state index contributed by atoms with van der Waals surface area (Å²) in [6.07, 6.45) is 0. The number of rotatable bonds is 4. The van der Waals surface area contributed by atoms with Crippen LogP contribution < -0.4 is 11.4 Å². The van der Waals surface area contributed by atoms with Crippen molar-refractivity contribution in [2.24, 2.45) is 0 Å². The van der Waals surface area contributed by atoms with Crippen molar-refractivity contribution in [1.82, 2.24) is 24.8 Å². The fourth-order valence-corrected chi connectivity index (χ4v) is 3.67. The standard InChI is InChI=1S/C18H15ClN6OS/c1-10-4-2-7-13-15(10)21-14(22-17(13)26)9-27-18-24-23-16(25(18)20)11-5-3-6-12(19)8-11/h2-8H,9,20H2,1H3,(H,21,22,26). The lowest BCUT2D eigenvalue weighted by molar-refractivity contribution is 0.848. The number of hydrogen-bond acceptors (Lipinski definition) is 6. The largest absolute Gasteiger partial charge is 0.335 e. The minimum Gasteiger partial charge on any atom is -0.335 e. The zero-order valence-corrected chi connectivity index (χ0v) is 15.9. The second-order valence-corrected chi connectivity index (χ2v) is 7.34. The van der Waals surface area contributed by atoms with Crippen molar-refractivity contribution >= 4 is 34.3 Å². The van der Waals surface area contributed by atoms with Crippen LogP contribution in [0.4, 0.5) is 0 Å². The first-order valence-electron chi connectivity index (χ1n) is 8.10. The Morgan fingerprint density at radius 1 is 1.22 bits per heavy atom. The van der Waals surface area contributed by atoms with E-state index in [-0.39, 0.29) is 5.56 Å². The summed E-state index contributed by atoms with van der Waals surface area (Å²) in [5.74, 6) is 7.60. The van der Waals surface area contributed by atoms with Gasteiger partial charge < -0.3 is 10.8 Å². The first-order valence-corrected chi connectivity index (χ1v) is 9.47. The highest BCUT2D eigenvalue weighted by Crippen LogP contribution is 2.25. The third-order valence-electron chi connectivity index (χ3n) is 4.07. The summed E-state index contributed by atoms with van der Waals surface area (Å²) in [7, 11) is 0. The molecule has 27 heavy (non-hydrogen) atoms. The molecular formula is C18H15ClN6OS. The number of thioether (sulfide) groups is 1. The van der Waals surface area contributed by atoms with Gasteiger partial charge >= 0.3 is 0 Å². The number of nitrogens with one attached hydrogen (secondary N) is 1. The fraction of sp³-hybridized carbons (Fsp3) is 0.111. The SMILES string of the molecule is Cc1cccc2c(=O)[nH]c(CSc3nnc(-c4cccc(Cl)c4)n3N)nc12. The molecule has 9 heteroatoms. The molecule has 0 fully saturated rings. The number of aromatic amines is 1. The van der Waals surface area contributed by atoms with E-state index >= 15 is 0 Å². The van der Waals surface area contributed by atoms with Crippen molar-refractivity contribution in [2.75, 3.05) is 5.84 Å². The minimum absolute atomic E-state index is 0.159. The second-order valence-electron chi connectivity index (χ2n) is 5.96. The Labute approximate surface area is 163 Å². The Morgan fingerprint density at radius 3 is 2.85 bits per heavy atom. The van der Waals surface area contributed by atoms with Gasteiger partial charge in [0.25, 0.3) is 5.56 Å². The smallest absolute Gasteiger partial charge is 0.258 e. The van der Waals surface area contributed by atoms with Gasteiger partial charge in [-0.2, -0.15) is 0 Å². The average molecular weight is 399 g/mol. The molecule has 3 N–H and O–H groups in total. The van der Waals surface area contributed by atoms with Gasteiger partial charge in [0.15, 0.2) is 5.82 Å². The van der Waals surface area contributed by atoms with Crippen LogP contribution in [0, 0.1) is 6.92 Å². The molecule has 2 aromatic heterocycles.